The molecule has 2 atom stereocenters. The maximum atomic E-state index is 5.73. The van der Waals surface area contributed by atoms with E-state index in [0.717, 1.165) is 17.1 Å². The number of aryl methyl sites for hydroxylation is 1. The fraction of sp³-hybridized carbons (Fsp3) is 0.200. The second-order valence-corrected chi connectivity index (χ2v) is 7.82. The first-order valence-corrected chi connectivity index (χ1v) is 9.61. The summed E-state index contributed by atoms with van der Waals surface area (Å²) in [5.41, 5.74) is 1.94. The van der Waals surface area contributed by atoms with Crippen LogP contribution in [0.1, 0.15) is 27.5 Å². The van der Waals surface area contributed by atoms with Crippen molar-refractivity contribution in [2.24, 2.45) is 0 Å². The topological polar surface area (TPSA) is 37.4 Å². The second-order valence-electron chi connectivity index (χ2n) is 6.12. The van der Waals surface area contributed by atoms with E-state index in [0.29, 0.717) is 5.11 Å². The number of hydrogen-bond acceptors (Lipinski definition) is 4. The van der Waals surface area contributed by atoms with Crippen LogP contribution in [0.4, 0.5) is 5.69 Å². The molecule has 0 aliphatic carbocycles. The van der Waals surface area contributed by atoms with Crippen LogP contribution in [0.25, 0.3) is 0 Å². The summed E-state index contributed by atoms with van der Waals surface area (Å²) in [5.74, 6) is 0.802. The molecule has 0 amide bonds. The Morgan fingerprint density at radius 3 is 2.62 bits per heavy atom. The minimum absolute atomic E-state index is 0.0207. The molecule has 1 N–H and O–H groups in total. The normalized spacial score (nSPS) is 19.5. The van der Waals surface area contributed by atoms with Gasteiger partial charge in [-0.05, 0) is 55.5 Å². The quantitative estimate of drug-likeness (QED) is 0.667. The van der Waals surface area contributed by atoms with Gasteiger partial charge in [0.25, 0.3) is 0 Å². The standard InChI is InChI=1S/C20H19N3OS2/c1-13-10-11-17(26-13)19-18(14-7-5-6-12-21-14)22-20(25)23(19)15-8-3-4-9-16(15)24-2/h3-12,18-19H,1-2H3,(H,22,25)/t18-,19-/m1/s1. The predicted molar refractivity (Wildman–Crippen MR) is 110 cm³/mol. The molecule has 3 aromatic rings. The van der Waals surface area contributed by atoms with Crippen LogP contribution in [0, 0.1) is 6.92 Å². The average Bonchev–Trinajstić information content (AvgIpc) is 3.25. The highest BCUT2D eigenvalue weighted by molar-refractivity contribution is 7.80. The molecule has 0 saturated carbocycles. The molecule has 0 bridgehead atoms. The Morgan fingerprint density at radius 1 is 1.12 bits per heavy atom. The molecule has 1 aromatic carbocycles. The number of pyridine rings is 1. The van der Waals surface area contributed by atoms with Gasteiger partial charge in [-0.15, -0.1) is 11.3 Å². The number of thiocarbonyl (C=S) groups is 1. The van der Waals surface area contributed by atoms with Crippen molar-refractivity contribution in [3.8, 4) is 5.75 Å². The number of rotatable bonds is 4. The second kappa shape index (κ2) is 7.05. The summed E-state index contributed by atoms with van der Waals surface area (Å²) in [6.45, 7) is 2.12. The van der Waals surface area contributed by atoms with Gasteiger partial charge in [-0.25, -0.2) is 0 Å². The van der Waals surface area contributed by atoms with Gasteiger partial charge >= 0.3 is 0 Å². The lowest BCUT2D eigenvalue weighted by molar-refractivity contribution is 0.414. The molecule has 0 unspecified atom stereocenters. The Hall–Kier alpha value is -2.44. The van der Waals surface area contributed by atoms with Gasteiger partial charge in [0, 0.05) is 16.0 Å². The average molecular weight is 382 g/mol. The molecule has 2 aromatic heterocycles. The molecule has 132 valence electrons. The van der Waals surface area contributed by atoms with Crippen molar-refractivity contribution in [2.75, 3.05) is 12.0 Å². The van der Waals surface area contributed by atoms with Crippen LogP contribution in [0.3, 0.4) is 0 Å². The maximum absolute atomic E-state index is 5.73. The first-order chi connectivity index (χ1) is 12.7. The van der Waals surface area contributed by atoms with Gasteiger partial charge < -0.3 is 15.0 Å². The van der Waals surface area contributed by atoms with Crippen molar-refractivity contribution >= 4 is 34.4 Å². The molecule has 4 nitrogen and oxygen atoms in total. The summed E-state index contributed by atoms with van der Waals surface area (Å²) in [6, 6.07) is 18.3. The van der Waals surface area contributed by atoms with Crippen LogP contribution < -0.4 is 15.0 Å². The molecule has 1 aliphatic heterocycles. The Kier molecular flexibility index (Phi) is 4.61. The van der Waals surface area contributed by atoms with E-state index in [1.807, 2.05) is 48.7 Å². The largest absolute Gasteiger partial charge is 0.495 e. The number of benzene rings is 1. The van der Waals surface area contributed by atoms with E-state index < -0.39 is 0 Å². The third-order valence-corrected chi connectivity index (χ3v) is 5.88. The molecule has 1 aliphatic rings. The number of methoxy groups -OCH3 is 1. The summed E-state index contributed by atoms with van der Waals surface area (Å²) in [4.78, 5) is 9.25. The number of aromatic nitrogens is 1. The number of nitrogens with zero attached hydrogens (tertiary/aromatic N) is 2. The van der Waals surface area contributed by atoms with E-state index in [9.17, 15) is 0 Å². The van der Waals surface area contributed by atoms with Crippen LogP contribution in [0.15, 0.2) is 60.8 Å². The summed E-state index contributed by atoms with van der Waals surface area (Å²) in [5, 5.41) is 4.16. The van der Waals surface area contributed by atoms with E-state index in [-0.39, 0.29) is 12.1 Å². The van der Waals surface area contributed by atoms with Crippen molar-refractivity contribution in [1.29, 1.82) is 0 Å². The van der Waals surface area contributed by atoms with E-state index in [4.69, 9.17) is 17.0 Å². The van der Waals surface area contributed by atoms with Crippen LogP contribution >= 0.6 is 23.6 Å². The molecule has 6 heteroatoms. The van der Waals surface area contributed by atoms with Gasteiger partial charge in [-0.2, -0.15) is 0 Å². The summed E-state index contributed by atoms with van der Waals surface area (Å²) in [7, 11) is 1.69. The van der Waals surface area contributed by atoms with Crippen molar-refractivity contribution in [3.05, 3.63) is 76.2 Å². The Labute approximate surface area is 162 Å². The first kappa shape index (κ1) is 17.0. The molecule has 4 rings (SSSR count). The van der Waals surface area contributed by atoms with Gasteiger partial charge in [0.1, 0.15) is 5.75 Å². The van der Waals surface area contributed by atoms with E-state index in [2.05, 4.69) is 34.3 Å². The number of hydrogen-bond donors (Lipinski definition) is 1. The van der Waals surface area contributed by atoms with Gasteiger partial charge in [0.15, 0.2) is 5.11 Å². The summed E-state index contributed by atoms with van der Waals surface area (Å²) in [6.07, 6.45) is 1.82. The molecule has 0 spiro atoms. The maximum Gasteiger partial charge on any atom is 0.174 e. The van der Waals surface area contributed by atoms with Gasteiger partial charge in [-0.3, -0.25) is 4.98 Å². The number of thiophene rings is 1. The van der Waals surface area contributed by atoms with Crippen molar-refractivity contribution in [1.82, 2.24) is 10.3 Å². The Balaban J connectivity index is 1.85. The molecule has 0 radical (unpaired) electrons. The molecule has 1 fully saturated rings. The lowest BCUT2D eigenvalue weighted by Crippen LogP contribution is -2.29. The monoisotopic (exact) mass is 381 g/mol. The number of para-hydroxylation sites is 2. The van der Waals surface area contributed by atoms with Crippen LogP contribution in [0.2, 0.25) is 0 Å². The van der Waals surface area contributed by atoms with Crippen molar-refractivity contribution < 1.29 is 4.74 Å². The third kappa shape index (κ3) is 2.95. The zero-order valence-corrected chi connectivity index (χ0v) is 16.2. The molecular formula is C20H19N3OS2. The Bertz CT molecular complexity index is 926. The Morgan fingerprint density at radius 2 is 1.92 bits per heavy atom. The number of nitrogens with one attached hydrogen (secondary N) is 1. The molecule has 3 heterocycles. The third-order valence-electron chi connectivity index (χ3n) is 4.50. The van der Waals surface area contributed by atoms with Crippen molar-refractivity contribution in [2.45, 2.75) is 19.0 Å². The van der Waals surface area contributed by atoms with E-state index in [1.54, 1.807) is 18.4 Å². The zero-order chi connectivity index (χ0) is 18.1. The minimum Gasteiger partial charge on any atom is -0.495 e. The molecule has 26 heavy (non-hydrogen) atoms. The predicted octanol–water partition coefficient (Wildman–Crippen LogP) is 4.64. The summed E-state index contributed by atoms with van der Waals surface area (Å²) >= 11 is 7.51. The highest BCUT2D eigenvalue weighted by atomic mass is 32.1. The van der Waals surface area contributed by atoms with Crippen LogP contribution in [-0.2, 0) is 0 Å². The van der Waals surface area contributed by atoms with Crippen LogP contribution in [0.5, 0.6) is 5.75 Å². The highest BCUT2D eigenvalue weighted by Gasteiger charge is 2.42. The summed E-state index contributed by atoms with van der Waals surface area (Å²) < 4.78 is 5.60. The van der Waals surface area contributed by atoms with Gasteiger partial charge in [0.05, 0.1) is 30.6 Å². The fourth-order valence-electron chi connectivity index (χ4n) is 3.34. The number of ether oxygens (including phenoxy) is 1. The first-order valence-electron chi connectivity index (χ1n) is 8.39. The van der Waals surface area contributed by atoms with Crippen molar-refractivity contribution in [3.63, 3.8) is 0 Å². The van der Waals surface area contributed by atoms with Crippen LogP contribution in [-0.4, -0.2) is 17.2 Å². The SMILES string of the molecule is COc1ccccc1N1C(=S)N[C@H](c2ccccn2)[C@H]1c1ccc(C)s1. The lowest BCUT2D eigenvalue weighted by Gasteiger charge is -2.28. The number of anilines is 1. The molecule has 1 saturated heterocycles. The smallest absolute Gasteiger partial charge is 0.174 e. The van der Waals surface area contributed by atoms with E-state index >= 15 is 0 Å². The highest BCUT2D eigenvalue weighted by Crippen LogP contribution is 2.45. The molecular weight excluding hydrogens is 362 g/mol. The fourth-order valence-corrected chi connectivity index (χ4v) is 4.69. The van der Waals surface area contributed by atoms with E-state index in [1.165, 1.54) is 9.75 Å². The lowest BCUT2D eigenvalue weighted by atomic mass is 10.0. The minimum atomic E-state index is -0.0216. The zero-order valence-electron chi connectivity index (χ0n) is 14.5. The van der Waals surface area contributed by atoms with Gasteiger partial charge in [-0.1, -0.05) is 18.2 Å². The van der Waals surface area contributed by atoms with Gasteiger partial charge in [0.2, 0.25) is 0 Å².